The van der Waals surface area contributed by atoms with Crippen LogP contribution in [0.5, 0.6) is 5.75 Å². The van der Waals surface area contributed by atoms with Crippen molar-refractivity contribution in [3.8, 4) is 5.75 Å². The molecule has 29 heavy (non-hydrogen) atoms. The summed E-state index contributed by atoms with van der Waals surface area (Å²) in [6.07, 6.45) is 0. The lowest BCUT2D eigenvalue weighted by Gasteiger charge is -2.10. The molecule has 0 saturated heterocycles. The Morgan fingerprint density at radius 1 is 0.897 bits per heavy atom. The first-order valence-electron chi connectivity index (χ1n) is 8.77. The minimum atomic E-state index is -0.281. The maximum atomic E-state index is 12.4. The standard InChI is InChI=1S/C22H18Br2N2O3/c1-14-4-2-3-5-18(14)22(28)26-17-9-7-16(8-10-17)25-21(27)13-29-20-11-6-15(23)12-19(20)24/h2-12H,13H2,1H3,(H,25,27)(H,26,28). The molecule has 2 amide bonds. The lowest BCUT2D eigenvalue weighted by atomic mass is 10.1. The summed E-state index contributed by atoms with van der Waals surface area (Å²) in [7, 11) is 0. The number of halogens is 2. The van der Waals surface area contributed by atoms with Gasteiger partial charge in [-0.05, 0) is 76.9 Å². The van der Waals surface area contributed by atoms with E-state index in [0.717, 1.165) is 14.5 Å². The molecule has 0 aliphatic carbocycles. The van der Waals surface area contributed by atoms with Crippen molar-refractivity contribution >= 4 is 55.0 Å². The SMILES string of the molecule is Cc1ccccc1C(=O)Nc1ccc(NC(=O)COc2ccc(Br)cc2Br)cc1. The van der Waals surface area contributed by atoms with E-state index in [4.69, 9.17) is 4.74 Å². The Kier molecular flexibility index (Phi) is 7.06. The summed E-state index contributed by atoms with van der Waals surface area (Å²) in [6.45, 7) is 1.77. The van der Waals surface area contributed by atoms with Crippen LogP contribution in [0, 0.1) is 6.92 Å². The highest BCUT2D eigenvalue weighted by molar-refractivity contribution is 9.11. The lowest BCUT2D eigenvalue weighted by molar-refractivity contribution is -0.118. The summed E-state index contributed by atoms with van der Waals surface area (Å²) in [5.74, 6) is 0.127. The molecule has 0 saturated carbocycles. The van der Waals surface area contributed by atoms with Crippen LogP contribution in [0.3, 0.4) is 0 Å². The number of ether oxygens (including phenoxy) is 1. The lowest BCUT2D eigenvalue weighted by Crippen LogP contribution is -2.20. The number of carbonyl (C=O) groups excluding carboxylic acids is 2. The molecule has 5 nitrogen and oxygen atoms in total. The van der Waals surface area contributed by atoms with E-state index in [-0.39, 0.29) is 18.4 Å². The van der Waals surface area contributed by atoms with Crippen molar-refractivity contribution in [3.05, 3.63) is 86.8 Å². The Morgan fingerprint density at radius 2 is 1.55 bits per heavy atom. The molecular weight excluding hydrogens is 500 g/mol. The maximum Gasteiger partial charge on any atom is 0.262 e. The first-order chi connectivity index (χ1) is 13.9. The zero-order valence-corrected chi connectivity index (χ0v) is 18.7. The fourth-order valence-electron chi connectivity index (χ4n) is 2.60. The van der Waals surface area contributed by atoms with Crippen molar-refractivity contribution in [3.63, 3.8) is 0 Å². The quantitative estimate of drug-likeness (QED) is 0.435. The number of aryl methyl sites for hydroxylation is 1. The average molecular weight is 518 g/mol. The van der Waals surface area contributed by atoms with Gasteiger partial charge in [-0.25, -0.2) is 0 Å². The molecule has 148 valence electrons. The number of hydrogen-bond donors (Lipinski definition) is 2. The highest BCUT2D eigenvalue weighted by Gasteiger charge is 2.09. The molecule has 3 aromatic rings. The third kappa shape index (κ3) is 5.92. The smallest absolute Gasteiger partial charge is 0.262 e. The topological polar surface area (TPSA) is 67.4 Å². The van der Waals surface area contributed by atoms with Crippen LogP contribution < -0.4 is 15.4 Å². The van der Waals surface area contributed by atoms with Crippen LogP contribution >= 0.6 is 31.9 Å². The summed E-state index contributed by atoms with van der Waals surface area (Å²) in [5.41, 5.74) is 2.79. The van der Waals surface area contributed by atoms with Crippen molar-refractivity contribution < 1.29 is 14.3 Å². The van der Waals surface area contributed by atoms with E-state index in [9.17, 15) is 9.59 Å². The van der Waals surface area contributed by atoms with Gasteiger partial charge in [-0.1, -0.05) is 34.1 Å². The molecular formula is C22H18Br2N2O3. The van der Waals surface area contributed by atoms with Gasteiger partial charge in [0.2, 0.25) is 0 Å². The van der Waals surface area contributed by atoms with E-state index in [0.29, 0.717) is 22.7 Å². The first kappa shape index (κ1) is 21.1. The van der Waals surface area contributed by atoms with Gasteiger partial charge in [-0.3, -0.25) is 9.59 Å². The number of rotatable bonds is 6. The predicted molar refractivity (Wildman–Crippen MR) is 122 cm³/mol. The van der Waals surface area contributed by atoms with Gasteiger partial charge in [0, 0.05) is 21.4 Å². The monoisotopic (exact) mass is 516 g/mol. The van der Waals surface area contributed by atoms with Crippen LogP contribution in [0.4, 0.5) is 11.4 Å². The van der Waals surface area contributed by atoms with Crippen molar-refractivity contribution in [2.45, 2.75) is 6.92 Å². The van der Waals surface area contributed by atoms with Crippen LogP contribution in [0.25, 0.3) is 0 Å². The molecule has 0 aliphatic rings. The largest absolute Gasteiger partial charge is 0.483 e. The minimum absolute atomic E-state index is 0.119. The second-order valence-electron chi connectivity index (χ2n) is 6.26. The Hall–Kier alpha value is -2.64. The van der Waals surface area contributed by atoms with Crippen molar-refractivity contribution in [2.24, 2.45) is 0 Å². The van der Waals surface area contributed by atoms with Crippen LogP contribution in [0.15, 0.2) is 75.7 Å². The molecule has 0 radical (unpaired) electrons. The fraction of sp³-hybridized carbons (Fsp3) is 0.0909. The zero-order valence-electron chi connectivity index (χ0n) is 15.5. The number of hydrogen-bond acceptors (Lipinski definition) is 3. The summed E-state index contributed by atoms with van der Waals surface area (Å²) in [4.78, 5) is 24.5. The third-order valence-electron chi connectivity index (χ3n) is 4.07. The Morgan fingerprint density at radius 3 is 2.21 bits per heavy atom. The molecule has 0 bridgehead atoms. The van der Waals surface area contributed by atoms with E-state index >= 15 is 0 Å². The number of carbonyl (C=O) groups is 2. The van der Waals surface area contributed by atoms with Gasteiger partial charge < -0.3 is 15.4 Å². The first-order valence-corrected chi connectivity index (χ1v) is 10.4. The molecule has 0 fully saturated rings. The minimum Gasteiger partial charge on any atom is -0.483 e. The fourth-order valence-corrected chi connectivity index (χ4v) is 3.76. The van der Waals surface area contributed by atoms with Gasteiger partial charge in [-0.2, -0.15) is 0 Å². The Balaban J connectivity index is 1.54. The Bertz CT molecular complexity index is 1040. The van der Waals surface area contributed by atoms with Crippen molar-refractivity contribution in [1.82, 2.24) is 0 Å². The van der Waals surface area contributed by atoms with E-state index in [1.807, 2.05) is 37.3 Å². The highest BCUT2D eigenvalue weighted by atomic mass is 79.9. The molecule has 0 aliphatic heterocycles. The number of nitrogens with one attached hydrogen (secondary N) is 2. The molecule has 2 N–H and O–H groups in total. The number of benzene rings is 3. The molecule has 7 heteroatoms. The van der Waals surface area contributed by atoms with Gasteiger partial charge in [0.1, 0.15) is 5.75 Å². The van der Waals surface area contributed by atoms with Gasteiger partial charge in [0.25, 0.3) is 11.8 Å². The summed E-state index contributed by atoms with van der Waals surface area (Å²) in [5, 5.41) is 5.61. The highest BCUT2D eigenvalue weighted by Crippen LogP contribution is 2.28. The van der Waals surface area contributed by atoms with E-state index in [2.05, 4.69) is 42.5 Å². The third-order valence-corrected chi connectivity index (χ3v) is 5.18. The second-order valence-corrected chi connectivity index (χ2v) is 8.03. The average Bonchev–Trinajstić information content (AvgIpc) is 2.69. The van der Waals surface area contributed by atoms with Crippen LogP contribution in [-0.4, -0.2) is 18.4 Å². The van der Waals surface area contributed by atoms with Crippen LogP contribution in [0.2, 0.25) is 0 Å². The molecule has 0 spiro atoms. The van der Waals surface area contributed by atoms with E-state index < -0.39 is 0 Å². The molecule has 0 heterocycles. The van der Waals surface area contributed by atoms with Crippen LogP contribution in [-0.2, 0) is 4.79 Å². The number of amides is 2. The second kappa shape index (κ2) is 9.71. The maximum absolute atomic E-state index is 12.4. The van der Waals surface area contributed by atoms with Crippen molar-refractivity contribution in [1.29, 1.82) is 0 Å². The molecule has 3 rings (SSSR count). The van der Waals surface area contributed by atoms with Gasteiger partial charge in [0.05, 0.1) is 4.47 Å². The summed E-state index contributed by atoms with van der Waals surface area (Å²) in [6, 6.07) is 19.8. The van der Waals surface area contributed by atoms with Crippen LogP contribution in [0.1, 0.15) is 15.9 Å². The van der Waals surface area contributed by atoms with E-state index in [1.54, 1.807) is 36.4 Å². The van der Waals surface area contributed by atoms with Gasteiger partial charge in [-0.15, -0.1) is 0 Å². The van der Waals surface area contributed by atoms with Crippen molar-refractivity contribution in [2.75, 3.05) is 17.2 Å². The molecule has 0 aromatic heterocycles. The van der Waals surface area contributed by atoms with Gasteiger partial charge in [0.15, 0.2) is 6.61 Å². The van der Waals surface area contributed by atoms with Gasteiger partial charge >= 0.3 is 0 Å². The molecule has 3 aromatic carbocycles. The predicted octanol–water partition coefficient (Wildman–Crippen LogP) is 5.79. The number of anilines is 2. The molecule has 0 unspecified atom stereocenters. The zero-order chi connectivity index (χ0) is 20.8. The Labute approximate surface area is 185 Å². The normalized spacial score (nSPS) is 10.3. The molecule has 0 atom stereocenters. The summed E-state index contributed by atoms with van der Waals surface area (Å²) < 4.78 is 7.20. The summed E-state index contributed by atoms with van der Waals surface area (Å²) >= 11 is 6.76. The van der Waals surface area contributed by atoms with E-state index in [1.165, 1.54) is 0 Å².